The largest absolute Gasteiger partial charge is 0.456 e. The van der Waals surface area contributed by atoms with Crippen molar-refractivity contribution in [1.82, 2.24) is 10.6 Å². The SMILES string of the molecule is CC1=C(C(=O)OC(C)(C)C)C(c2ccc(C(C)C)cc2)NC(=O)N1. The van der Waals surface area contributed by atoms with Gasteiger partial charge in [0.05, 0.1) is 11.6 Å². The van der Waals surface area contributed by atoms with Crippen LogP contribution in [0.15, 0.2) is 35.5 Å². The van der Waals surface area contributed by atoms with Crippen LogP contribution >= 0.6 is 0 Å². The van der Waals surface area contributed by atoms with E-state index in [-0.39, 0.29) is 6.03 Å². The van der Waals surface area contributed by atoms with E-state index in [1.54, 1.807) is 6.92 Å². The van der Waals surface area contributed by atoms with Crippen molar-refractivity contribution in [3.8, 4) is 0 Å². The van der Waals surface area contributed by atoms with Crippen LogP contribution in [0.1, 0.15) is 64.6 Å². The van der Waals surface area contributed by atoms with Crippen LogP contribution in [0.5, 0.6) is 0 Å². The second-order valence-corrected chi connectivity index (χ2v) is 7.39. The fourth-order valence-corrected chi connectivity index (χ4v) is 2.62. The number of hydrogen-bond donors (Lipinski definition) is 2. The molecule has 130 valence electrons. The van der Waals surface area contributed by atoms with Gasteiger partial charge in [-0.3, -0.25) is 0 Å². The van der Waals surface area contributed by atoms with Crippen molar-refractivity contribution in [2.75, 3.05) is 0 Å². The van der Waals surface area contributed by atoms with Crippen molar-refractivity contribution in [2.45, 2.75) is 59.1 Å². The van der Waals surface area contributed by atoms with Gasteiger partial charge < -0.3 is 15.4 Å². The molecule has 1 unspecified atom stereocenters. The molecule has 5 heteroatoms. The highest BCUT2D eigenvalue weighted by Crippen LogP contribution is 2.29. The first-order valence-electron chi connectivity index (χ1n) is 8.20. The van der Waals surface area contributed by atoms with Crippen LogP contribution < -0.4 is 10.6 Å². The minimum absolute atomic E-state index is 0.322. The Morgan fingerprint density at radius 3 is 2.25 bits per heavy atom. The number of amides is 2. The summed E-state index contributed by atoms with van der Waals surface area (Å²) in [5.41, 5.74) is 2.42. The van der Waals surface area contributed by atoms with Gasteiger partial charge in [-0.2, -0.15) is 0 Å². The molecule has 1 aromatic carbocycles. The predicted octanol–water partition coefficient (Wildman–Crippen LogP) is 3.78. The Labute approximate surface area is 143 Å². The Morgan fingerprint density at radius 2 is 1.75 bits per heavy atom. The Balaban J connectivity index is 2.39. The third kappa shape index (κ3) is 4.16. The van der Waals surface area contributed by atoms with Gasteiger partial charge in [0.1, 0.15) is 5.60 Å². The molecule has 2 amide bonds. The zero-order valence-electron chi connectivity index (χ0n) is 15.2. The molecule has 0 aromatic heterocycles. The molecule has 0 spiro atoms. The Morgan fingerprint density at radius 1 is 1.17 bits per heavy atom. The smallest absolute Gasteiger partial charge is 0.338 e. The molecular formula is C19H26N2O3. The monoisotopic (exact) mass is 330 g/mol. The first-order valence-corrected chi connectivity index (χ1v) is 8.20. The number of urea groups is 1. The fraction of sp³-hybridized carbons (Fsp3) is 0.474. The van der Waals surface area contributed by atoms with Gasteiger partial charge in [-0.1, -0.05) is 38.1 Å². The first kappa shape index (κ1) is 18.0. The second-order valence-electron chi connectivity index (χ2n) is 7.39. The lowest BCUT2D eigenvalue weighted by Crippen LogP contribution is -2.46. The minimum Gasteiger partial charge on any atom is -0.456 e. The zero-order chi connectivity index (χ0) is 18.1. The third-order valence-corrected chi connectivity index (χ3v) is 3.82. The average Bonchev–Trinajstić information content (AvgIpc) is 2.44. The van der Waals surface area contributed by atoms with Gasteiger partial charge in [0.25, 0.3) is 0 Å². The number of nitrogens with one attached hydrogen (secondary N) is 2. The minimum atomic E-state index is -0.599. The van der Waals surface area contributed by atoms with Gasteiger partial charge in [-0.05, 0) is 44.7 Å². The van der Waals surface area contributed by atoms with E-state index in [0.717, 1.165) is 5.56 Å². The lowest BCUT2D eigenvalue weighted by Gasteiger charge is -2.30. The normalized spacial score (nSPS) is 18.3. The molecule has 0 saturated carbocycles. The standard InChI is InChI=1S/C19H26N2O3/c1-11(2)13-7-9-14(10-8-13)16-15(12(3)20-18(23)21-16)17(22)24-19(4,5)6/h7-11,16H,1-6H3,(H2,20,21,23). The van der Waals surface area contributed by atoms with Crippen molar-refractivity contribution in [2.24, 2.45) is 0 Å². The van der Waals surface area contributed by atoms with Crippen molar-refractivity contribution in [1.29, 1.82) is 0 Å². The summed E-state index contributed by atoms with van der Waals surface area (Å²) in [6, 6.07) is 7.10. The number of carbonyl (C=O) groups excluding carboxylic acids is 2. The number of allylic oxidation sites excluding steroid dienone is 1. The van der Waals surface area contributed by atoms with E-state index >= 15 is 0 Å². The summed E-state index contributed by atoms with van der Waals surface area (Å²) >= 11 is 0. The summed E-state index contributed by atoms with van der Waals surface area (Å²) in [7, 11) is 0. The summed E-state index contributed by atoms with van der Waals surface area (Å²) in [6.45, 7) is 11.4. The van der Waals surface area contributed by atoms with Gasteiger partial charge in [0.15, 0.2) is 0 Å². The van der Waals surface area contributed by atoms with Crippen molar-refractivity contribution < 1.29 is 14.3 Å². The van der Waals surface area contributed by atoms with Crippen molar-refractivity contribution in [3.05, 3.63) is 46.7 Å². The van der Waals surface area contributed by atoms with Crippen molar-refractivity contribution >= 4 is 12.0 Å². The Hall–Kier alpha value is -2.30. The van der Waals surface area contributed by atoms with Crippen LogP contribution in [0.4, 0.5) is 4.79 Å². The van der Waals surface area contributed by atoms with Gasteiger partial charge in [-0.25, -0.2) is 9.59 Å². The fourth-order valence-electron chi connectivity index (χ4n) is 2.62. The van der Waals surface area contributed by atoms with Crippen LogP contribution in [0.2, 0.25) is 0 Å². The summed E-state index contributed by atoms with van der Waals surface area (Å²) in [6.07, 6.45) is 0. The van der Waals surface area contributed by atoms with Gasteiger partial charge in [-0.15, -0.1) is 0 Å². The highest BCUT2D eigenvalue weighted by Gasteiger charge is 2.33. The highest BCUT2D eigenvalue weighted by molar-refractivity contribution is 5.95. The van der Waals surface area contributed by atoms with E-state index < -0.39 is 17.6 Å². The zero-order valence-corrected chi connectivity index (χ0v) is 15.2. The third-order valence-electron chi connectivity index (χ3n) is 3.82. The van der Waals surface area contributed by atoms with E-state index in [9.17, 15) is 9.59 Å². The molecule has 1 aliphatic rings. The molecule has 2 rings (SSSR count). The van der Waals surface area contributed by atoms with E-state index in [1.807, 2.05) is 45.0 Å². The molecule has 0 bridgehead atoms. The van der Waals surface area contributed by atoms with E-state index in [0.29, 0.717) is 17.2 Å². The molecule has 2 N–H and O–H groups in total. The highest BCUT2D eigenvalue weighted by atomic mass is 16.6. The maximum absolute atomic E-state index is 12.6. The summed E-state index contributed by atoms with van der Waals surface area (Å²) < 4.78 is 5.51. The molecule has 0 radical (unpaired) electrons. The van der Waals surface area contributed by atoms with Gasteiger partial charge in [0.2, 0.25) is 0 Å². The summed E-state index contributed by atoms with van der Waals surface area (Å²) in [5, 5.41) is 5.47. The van der Waals surface area contributed by atoms with Crippen LogP contribution in [-0.2, 0) is 9.53 Å². The van der Waals surface area contributed by atoms with Crippen LogP contribution in [0, 0.1) is 0 Å². The van der Waals surface area contributed by atoms with Gasteiger partial charge in [0, 0.05) is 5.70 Å². The van der Waals surface area contributed by atoms with Crippen molar-refractivity contribution in [3.63, 3.8) is 0 Å². The number of rotatable bonds is 3. The quantitative estimate of drug-likeness (QED) is 0.829. The van der Waals surface area contributed by atoms with E-state index in [2.05, 4.69) is 24.5 Å². The Kier molecular flexibility index (Phi) is 5.02. The van der Waals surface area contributed by atoms with Crippen LogP contribution in [0.25, 0.3) is 0 Å². The first-order chi connectivity index (χ1) is 11.1. The number of ether oxygens (including phenoxy) is 1. The lowest BCUT2D eigenvalue weighted by atomic mass is 9.93. The van der Waals surface area contributed by atoms with Crippen LogP contribution in [-0.4, -0.2) is 17.6 Å². The number of carbonyl (C=O) groups is 2. The average molecular weight is 330 g/mol. The summed E-state index contributed by atoms with van der Waals surface area (Å²) in [5.74, 6) is -0.00490. The van der Waals surface area contributed by atoms with E-state index in [1.165, 1.54) is 5.56 Å². The topological polar surface area (TPSA) is 67.4 Å². The summed E-state index contributed by atoms with van der Waals surface area (Å²) in [4.78, 5) is 24.5. The molecule has 5 nitrogen and oxygen atoms in total. The number of benzene rings is 1. The lowest BCUT2D eigenvalue weighted by molar-refractivity contribution is -0.150. The molecule has 0 aliphatic carbocycles. The second kappa shape index (κ2) is 6.67. The Bertz CT molecular complexity index is 667. The molecule has 0 fully saturated rings. The predicted molar refractivity (Wildman–Crippen MR) is 93.5 cm³/mol. The molecule has 1 atom stereocenters. The molecule has 0 saturated heterocycles. The number of hydrogen-bond acceptors (Lipinski definition) is 3. The van der Waals surface area contributed by atoms with Gasteiger partial charge >= 0.3 is 12.0 Å². The van der Waals surface area contributed by atoms with E-state index in [4.69, 9.17) is 4.74 Å². The van der Waals surface area contributed by atoms with Crippen LogP contribution in [0.3, 0.4) is 0 Å². The molecule has 1 aromatic rings. The molecule has 24 heavy (non-hydrogen) atoms. The molecule has 1 heterocycles. The number of esters is 1. The maximum Gasteiger partial charge on any atom is 0.338 e. The molecule has 1 aliphatic heterocycles. The maximum atomic E-state index is 12.6. The molecular weight excluding hydrogens is 304 g/mol.